The van der Waals surface area contributed by atoms with E-state index in [1.165, 1.54) is 19.2 Å². The van der Waals surface area contributed by atoms with Crippen molar-refractivity contribution >= 4 is 17.6 Å². The number of carboxylic acid groups (broad SMARTS) is 1. The molecular weight excluding hydrogens is 298 g/mol. The number of aromatic carboxylic acids is 1. The normalized spacial score (nSPS) is 13.3. The fraction of sp³-hybridized carbons (Fsp3) is 0.312. The Balaban J connectivity index is 1.88. The van der Waals surface area contributed by atoms with Gasteiger partial charge in [-0.05, 0) is 37.5 Å². The third-order valence-electron chi connectivity index (χ3n) is 3.93. The maximum Gasteiger partial charge on any atom is 0.337 e. The van der Waals surface area contributed by atoms with Crippen molar-refractivity contribution in [1.82, 2.24) is 9.78 Å². The maximum absolute atomic E-state index is 12.5. The van der Waals surface area contributed by atoms with Gasteiger partial charge in [0.2, 0.25) is 0 Å². The first-order valence-electron chi connectivity index (χ1n) is 7.37. The number of amides is 1. The molecule has 2 N–H and O–H groups in total. The molecule has 0 atom stereocenters. The predicted molar refractivity (Wildman–Crippen MR) is 83.1 cm³/mol. The van der Waals surface area contributed by atoms with Gasteiger partial charge in [-0.3, -0.25) is 9.48 Å². The van der Waals surface area contributed by atoms with Crippen LogP contribution in [0.15, 0.2) is 24.4 Å². The van der Waals surface area contributed by atoms with Crippen LogP contribution in [0.2, 0.25) is 0 Å². The molecule has 7 nitrogen and oxygen atoms in total. The number of carbonyl (C=O) groups is 2. The van der Waals surface area contributed by atoms with Gasteiger partial charge in [0.05, 0.1) is 35.8 Å². The summed E-state index contributed by atoms with van der Waals surface area (Å²) in [6, 6.07) is 4.51. The molecule has 0 spiro atoms. The summed E-state index contributed by atoms with van der Waals surface area (Å²) < 4.78 is 6.86. The molecule has 1 aromatic carbocycles. The van der Waals surface area contributed by atoms with Crippen LogP contribution in [-0.2, 0) is 13.0 Å². The van der Waals surface area contributed by atoms with Crippen LogP contribution in [0.25, 0.3) is 0 Å². The van der Waals surface area contributed by atoms with E-state index in [9.17, 15) is 14.7 Å². The zero-order chi connectivity index (χ0) is 16.4. The lowest BCUT2D eigenvalue weighted by atomic mass is 10.1. The highest BCUT2D eigenvalue weighted by atomic mass is 16.5. The molecule has 1 aromatic heterocycles. The van der Waals surface area contributed by atoms with Crippen LogP contribution < -0.4 is 10.1 Å². The lowest BCUT2D eigenvalue weighted by molar-refractivity contribution is 0.0697. The number of nitrogens with zero attached hydrogens (tertiary/aromatic N) is 2. The first kappa shape index (κ1) is 15.1. The fourth-order valence-electron chi connectivity index (χ4n) is 2.74. The molecular formula is C16H17N3O4. The number of hydrogen-bond donors (Lipinski definition) is 2. The molecule has 23 heavy (non-hydrogen) atoms. The molecule has 7 heteroatoms. The van der Waals surface area contributed by atoms with Gasteiger partial charge in [-0.1, -0.05) is 0 Å². The van der Waals surface area contributed by atoms with Gasteiger partial charge in [0.25, 0.3) is 5.91 Å². The van der Waals surface area contributed by atoms with Crippen LogP contribution in [0.5, 0.6) is 5.75 Å². The van der Waals surface area contributed by atoms with Crippen LogP contribution in [0.3, 0.4) is 0 Å². The van der Waals surface area contributed by atoms with E-state index >= 15 is 0 Å². The van der Waals surface area contributed by atoms with E-state index in [-0.39, 0.29) is 17.2 Å². The third kappa shape index (κ3) is 2.90. The molecule has 0 bridgehead atoms. The summed E-state index contributed by atoms with van der Waals surface area (Å²) in [6.45, 7) is 0.811. The standard InChI is InChI=1S/C16H17N3O4/c1-23-10-5-6-13(11(8-10)16(21)22)18-15(20)12-9-17-19-7-3-2-4-14(12)19/h5-6,8-9H,2-4,7H2,1H3,(H,18,20)(H,21,22). The zero-order valence-corrected chi connectivity index (χ0v) is 12.7. The van der Waals surface area contributed by atoms with Crippen molar-refractivity contribution < 1.29 is 19.4 Å². The molecule has 0 unspecified atom stereocenters. The largest absolute Gasteiger partial charge is 0.497 e. The smallest absolute Gasteiger partial charge is 0.337 e. The number of benzene rings is 1. The molecule has 1 aliphatic heterocycles. The van der Waals surface area contributed by atoms with Crippen molar-refractivity contribution in [3.63, 3.8) is 0 Å². The Kier molecular flexibility index (Phi) is 4.01. The van der Waals surface area contributed by atoms with E-state index in [2.05, 4.69) is 10.4 Å². The van der Waals surface area contributed by atoms with E-state index in [0.29, 0.717) is 11.3 Å². The van der Waals surface area contributed by atoms with Crippen molar-refractivity contribution in [2.24, 2.45) is 0 Å². The van der Waals surface area contributed by atoms with Crippen molar-refractivity contribution in [1.29, 1.82) is 0 Å². The van der Waals surface area contributed by atoms with Crippen molar-refractivity contribution in [2.45, 2.75) is 25.8 Å². The van der Waals surface area contributed by atoms with Crippen LogP contribution in [0, 0.1) is 0 Å². The van der Waals surface area contributed by atoms with E-state index in [0.717, 1.165) is 31.5 Å². The van der Waals surface area contributed by atoms with Gasteiger partial charge in [-0.2, -0.15) is 5.10 Å². The Bertz CT molecular complexity index is 767. The van der Waals surface area contributed by atoms with Gasteiger partial charge in [0.15, 0.2) is 0 Å². The first-order valence-corrected chi connectivity index (χ1v) is 7.37. The second-order valence-corrected chi connectivity index (χ2v) is 5.36. The van der Waals surface area contributed by atoms with E-state index in [4.69, 9.17) is 4.74 Å². The molecule has 0 radical (unpaired) electrons. The SMILES string of the molecule is COc1ccc(NC(=O)c2cnn3c2CCCC3)c(C(=O)O)c1. The number of aromatic nitrogens is 2. The van der Waals surface area contributed by atoms with Crippen LogP contribution in [-0.4, -0.2) is 33.9 Å². The van der Waals surface area contributed by atoms with Gasteiger partial charge in [0.1, 0.15) is 5.75 Å². The Labute approximate surface area is 132 Å². The molecule has 1 aliphatic rings. The van der Waals surface area contributed by atoms with Crippen molar-refractivity contribution in [2.75, 3.05) is 12.4 Å². The highest BCUT2D eigenvalue weighted by Crippen LogP contribution is 2.24. The molecule has 0 aliphatic carbocycles. The molecule has 1 amide bonds. The Morgan fingerprint density at radius 3 is 2.87 bits per heavy atom. The Morgan fingerprint density at radius 1 is 1.30 bits per heavy atom. The number of carbonyl (C=O) groups excluding carboxylic acids is 1. The monoisotopic (exact) mass is 315 g/mol. The number of methoxy groups -OCH3 is 1. The maximum atomic E-state index is 12.5. The van der Waals surface area contributed by atoms with Crippen LogP contribution in [0.4, 0.5) is 5.69 Å². The number of hydrogen-bond acceptors (Lipinski definition) is 4. The Hall–Kier alpha value is -2.83. The topological polar surface area (TPSA) is 93.5 Å². The van der Waals surface area contributed by atoms with Gasteiger partial charge >= 0.3 is 5.97 Å². The van der Waals surface area contributed by atoms with Crippen LogP contribution >= 0.6 is 0 Å². The minimum atomic E-state index is -1.13. The van der Waals surface area contributed by atoms with Gasteiger partial charge in [-0.25, -0.2) is 4.79 Å². The summed E-state index contributed by atoms with van der Waals surface area (Å²) in [4.78, 5) is 23.9. The summed E-state index contributed by atoms with van der Waals surface area (Å²) in [7, 11) is 1.46. The van der Waals surface area contributed by atoms with Crippen molar-refractivity contribution in [3.05, 3.63) is 41.2 Å². The molecule has 2 aromatic rings. The molecule has 0 saturated carbocycles. The van der Waals surface area contributed by atoms with Crippen LogP contribution in [0.1, 0.15) is 39.3 Å². The Morgan fingerprint density at radius 2 is 2.13 bits per heavy atom. The number of carboxylic acids is 1. The number of rotatable bonds is 4. The summed E-state index contributed by atoms with van der Waals surface area (Å²) in [5, 5.41) is 16.2. The third-order valence-corrected chi connectivity index (χ3v) is 3.93. The minimum absolute atomic E-state index is 0.0151. The van der Waals surface area contributed by atoms with Crippen molar-refractivity contribution in [3.8, 4) is 5.75 Å². The number of ether oxygens (including phenoxy) is 1. The lowest BCUT2D eigenvalue weighted by Gasteiger charge is -2.15. The zero-order valence-electron chi connectivity index (χ0n) is 12.7. The molecule has 120 valence electrons. The molecule has 0 saturated heterocycles. The quantitative estimate of drug-likeness (QED) is 0.902. The minimum Gasteiger partial charge on any atom is -0.497 e. The van der Waals surface area contributed by atoms with E-state index in [1.807, 2.05) is 4.68 Å². The van der Waals surface area contributed by atoms with Gasteiger partial charge < -0.3 is 15.2 Å². The average molecular weight is 315 g/mol. The highest BCUT2D eigenvalue weighted by Gasteiger charge is 2.21. The number of fused-ring (bicyclic) bond motifs is 1. The summed E-state index contributed by atoms with van der Waals surface area (Å²) in [5.41, 5.74) is 1.62. The predicted octanol–water partition coefficient (Wildman–Crippen LogP) is 2.18. The first-order chi connectivity index (χ1) is 11.1. The van der Waals surface area contributed by atoms with E-state index in [1.54, 1.807) is 12.3 Å². The van der Waals surface area contributed by atoms with Gasteiger partial charge in [-0.15, -0.1) is 0 Å². The second kappa shape index (κ2) is 6.12. The molecule has 2 heterocycles. The summed E-state index contributed by atoms with van der Waals surface area (Å²) in [5.74, 6) is -1.06. The molecule has 3 rings (SSSR count). The number of nitrogens with one attached hydrogen (secondary N) is 1. The summed E-state index contributed by atoms with van der Waals surface area (Å²) in [6.07, 6.45) is 4.42. The van der Waals surface area contributed by atoms with Gasteiger partial charge in [0, 0.05) is 6.54 Å². The lowest BCUT2D eigenvalue weighted by Crippen LogP contribution is -2.18. The second-order valence-electron chi connectivity index (χ2n) is 5.36. The van der Waals surface area contributed by atoms with E-state index < -0.39 is 5.97 Å². The fourth-order valence-corrected chi connectivity index (χ4v) is 2.74. The highest BCUT2D eigenvalue weighted by molar-refractivity contribution is 6.08. The summed E-state index contributed by atoms with van der Waals surface area (Å²) >= 11 is 0. The number of aryl methyl sites for hydroxylation is 1. The molecule has 0 fully saturated rings. The average Bonchev–Trinajstić information content (AvgIpc) is 2.99. The number of anilines is 1.